The van der Waals surface area contributed by atoms with Gasteiger partial charge in [-0.1, -0.05) is 42.5 Å². The van der Waals surface area contributed by atoms with Gasteiger partial charge in [0.2, 0.25) is 0 Å². The number of ether oxygens (including phenoxy) is 1. The van der Waals surface area contributed by atoms with E-state index in [1.807, 2.05) is 30.3 Å². The maximum atomic E-state index is 12.4. The van der Waals surface area contributed by atoms with E-state index in [1.165, 1.54) is 11.3 Å². The van der Waals surface area contributed by atoms with Crippen LogP contribution in [0.5, 0.6) is 0 Å². The van der Waals surface area contributed by atoms with E-state index in [0.29, 0.717) is 22.7 Å². The summed E-state index contributed by atoms with van der Waals surface area (Å²) in [6.07, 6.45) is 0. The molecule has 7 heteroatoms. The number of hydrogen-bond acceptors (Lipinski definition) is 5. The first-order valence-corrected chi connectivity index (χ1v) is 9.11. The number of aromatic nitrogens is 1. The summed E-state index contributed by atoms with van der Waals surface area (Å²) in [6, 6.07) is 16.6. The molecule has 3 aromatic rings. The molecule has 0 bridgehead atoms. The number of nitrogens with one attached hydrogen (secondary N) is 2. The Balaban J connectivity index is 1.64. The number of nitrogens with zero attached hydrogens (tertiary/aromatic N) is 1. The zero-order chi connectivity index (χ0) is 19.2. The van der Waals surface area contributed by atoms with Crippen molar-refractivity contribution in [2.24, 2.45) is 0 Å². The lowest BCUT2D eigenvalue weighted by Crippen LogP contribution is -2.41. The molecule has 2 aromatic carbocycles. The highest BCUT2D eigenvalue weighted by atomic mass is 32.1. The second-order valence-electron chi connectivity index (χ2n) is 5.84. The van der Waals surface area contributed by atoms with Gasteiger partial charge in [-0.2, -0.15) is 0 Å². The Kier molecular flexibility index (Phi) is 5.95. The molecule has 6 nitrogen and oxygen atoms in total. The molecule has 0 aliphatic heterocycles. The fraction of sp³-hybridized carbons (Fsp3) is 0.150. The van der Waals surface area contributed by atoms with E-state index in [0.717, 1.165) is 16.1 Å². The summed E-state index contributed by atoms with van der Waals surface area (Å²) < 4.78 is 5.04. The van der Waals surface area contributed by atoms with E-state index in [1.54, 1.807) is 38.3 Å². The summed E-state index contributed by atoms with van der Waals surface area (Å²) in [7, 11) is 1.61. The lowest BCUT2D eigenvalue weighted by Gasteiger charge is -2.07. The number of hydrazine groups is 1. The third-order valence-corrected chi connectivity index (χ3v) is 5.05. The smallest absolute Gasteiger partial charge is 0.281 e. The molecule has 0 aliphatic rings. The second kappa shape index (κ2) is 8.57. The third kappa shape index (κ3) is 4.58. The van der Waals surface area contributed by atoms with Crippen molar-refractivity contribution in [3.8, 4) is 10.6 Å². The molecule has 0 atom stereocenters. The molecule has 0 fully saturated rings. The average molecular weight is 381 g/mol. The molecule has 0 unspecified atom stereocenters. The summed E-state index contributed by atoms with van der Waals surface area (Å²) in [5, 5.41) is 0.762. The average Bonchev–Trinajstić information content (AvgIpc) is 3.09. The van der Waals surface area contributed by atoms with Gasteiger partial charge < -0.3 is 4.74 Å². The fourth-order valence-electron chi connectivity index (χ4n) is 2.47. The van der Waals surface area contributed by atoms with Crippen LogP contribution < -0.4 is 10.9 Å². The van der Waals surface area contributed by atoms with Crippen LogP contribution in [0.2, 0.25) is 0 Å². The highest BCUT2D eigenvalue weighted by Gasteiger charge is 2.17. The van der Waals surface area contributed by atoms with Crippen LogP contribution in [-0.4, -0.2) is 23.9 Å². The van der Waals surface area contributed by atoms with Gasteiger partial charge in [-0.25, -0.2) is 4.98 Å². The quantitative estimate of drug-likeness (QED) is 0.664. The normalized spacial score (nSPS) is 10.4. The molecule has 0 saturated heterocycles. The van der Waals surface area contributed by atoms with E-state index in [9.17, 15) is 9.59 Å². The van der Waals surface area contributed by atoms with Crippen molar-refractivity contribution >= 4 is 23.2 Å². The predicted octanol–water partition coefficient (Wildman–Crippen LogP) is 3.34. The largest absolute Gasteiger partial charge is 0.380 e. The minimum Gasteiger partial charge on any atom is -0.380 e. The standard InChI is InChI=1S/C20H19N3O3S/c1-13-17(27-20(21-13)16-6-4-3-5-7-16)19(25)23-22-18(24)15-10-8-14(9-11-15)12-26-2/h3-11H,12H2,1-2H3,(H,22,24)(H,23,25). The molecule has 1 heterocycles. The van der Waals surface area contributed by atoms with Gasteiger partial charge in [-0.05, 0) is 24.6 Å². The molecular formula is C20H19N3O3S. The molecule has 0 aliphatic carbocycles. The van der Waals surface area contributed by atoms with Crippen molar-refractivity contribution < 1.29 is 14.3 Å². The van der Waals surface area contributed by atoms with E-state index in [2.05, 4.69) is 15.8 Å². The van der Waals surface area contributed by atoms with Crippen molar-refractivity contribution in [1.82, 2.24) is 15.8 Å². The van der Waals surface area contributed by atoms with Crippen molar-refractivity contribution in [1.29, 1.82) is 0 Å². The van der Waals surface area contributed by atoms with Crippen LogP contribution in [0.4, 0.5) is 0 Å². The molecule has 27 heavy (non-hydrogen) atoms. The van der Waals surface area contributed by atoms with Gasteiger partial charge >= 0.3 is 0 Å². The van der Waals surface area contributed by atoms with E-state index in [4.69, 9.17) is 4.74 Å². The number of amides is 2. The lowest BCUT2D eigenvalue weighted by atomic mass is 10.1. The van der Waals surface area contributed by atoms with Crippen molar-refractivity contribution in [2.75, 3.05) is 7.11 Å². The molecular weight excluding hydrogens is 362 g/mol. The monoisotopic (exact) mass is 381 g/mol. The second-order valence-corrected chi connectivity index (χ2v) is 6.84. The van der Waals surface area contributed by atoms with Gasteiger partial charge in [0.1, 0.15) is 9.88 Å². The Morgan fingerprint density at radius 2 is 1.67 bits per heavy atom. The van der Waals surface area contributed by atoms with E-state index < -0.39 is 11.8 Å². The molecule has 0 saturated carbocycles. The minimum atomic E-state index is -0.392. The third-order valence-electron chi connectivity index (χ3n) is 3.84. The Morgan fingerprint density at radius 3 is 2.33 bits per heavy atom. The van der Waals surface area contributed by atoms with Crippen LogP contribution in [-0.2, 0) is 11.3 Å². The van der Waals surface area contributed by atoms with Crippen LogP contribution in [0.3, 0.4) is 0 Å². The van der Waals surface area contributed by atoms with Crippen molar-refractivity contribution in [2.45, 2.75) is 13.5 Å². The molecule has 1 aromatic heterocycles. The number of carbonyl (C=O) groups excluding carboxylic acids is 2. The van der Waals surface area contributed by atoms with E-state index in [-0.39, 0.29) is 0 Å². The Hall–Kier alpha value is -3.03. The number of aryl methyl sites for hydroxylation is 1. The minimum absolute atomic E-state index is 0.391. The highest BCUT2D eigenvalue weighted by molar-refractivity contribution is 7.17. The van der Waals surface area contributed by atoms with Crippen molar-refractivity contribution in [3.63, 3.8) is 0 Å². The molecule has 2 amide bonds. The highest BCUT2D eigenvalue weighted by Crippen LogP contribution is 2.27. The van der Waals surface area contributed by atoms with E-state index >= 15 is 0 Å². The first-order valence-electron chi connectivity index (χ1n) is 8.30. The molecule has 0 spiro atoms. The zero-order valence-electron chi connectivity index (χ0n) is 15.0. The van der Waals surface area contributed by atoms with Gasteiger partial charge in [0, 0.05) is 18.2 Å². The maximum Gasteiger partial charge on any atom is 0.281 e. The van der Waals surface area contributed by atoms with Crippen LogP contribution in [0.1, 0.15) is 31.3 Å². The maximum absolute atomic E-state index is 12.4. The Morgan fingerprint density at radius 1 is 1.00 bits per heavy atom. The number of hydrogen-bond donors (Lipinski definition) is 2. The van der Waals surface area contributed by atoms with Crippen LogP contribution >= 0.6 is 11.3 Å². The molecule has 138 valence electrons. The van der Waals surface area contributed by atoms with Crippen LogP contribution in [0.25, 0.3) is 10.6 Å². The summed E-state index contributed by atoms with van der Waals surface area (Å²) in [4.78, 5) is 29.5. The number of thiazole rings is 1. The topological polar surface area (TPSA) is 80.3 Å². The molecule has 2 N–H and O–H groups in total. The van der Waals surface area contributed by atoms with Crippen LogP contribution in [0.15, 0.2) is 54.6 Å². The van der Waals surface area contributed by atoms with Crippen molar-refractivity contribution in [3.05, 3.63) is 76.3 Å². The first kappa shape index (κ1) is 18.8. The SMILES string of the molecule is COCc1ccc(C(=O)NNC(=O)c2sc(-c3ccccc3)nc2C)cc1. The first-order chi connectivity index (χ1) is 13.1. The summed E-state index contributed by atoms with van der Waals surface area (Å²) in [6.45, 7) is 2.25. The lowest BCUT2D eigenvalue weighted by molar-refractivity contribution is 0.0848. The van der Waals surface area contributed by atoms with Gasteiger partial charge in [0.15, 0.2) is 0 Å². The molecule has 0 radical (unpaired) electrons. The van der Waals surface area contributed by atoms with Gasteiger partial charge in [0.25, 0.3) is 11.8 Å². The zero-order valence-corrected chi connectivity index (χ0v) is 15.8. The Bertz CT molecular complexity index is 937. The molecule has 3 rings (SSSR count). The number of rotatable bonds is 5. The summed E-state index contributed by atoms with van der Waals surface area (Å²) in [5.41, 5.74) is 7.86. The van der Waals surface area contributed by atoms with Gasteiger partial charge in [0.05, 0.1) is 12.3 Å². The predicted molar refractivity (Wildman–Crippen MR) is 104 cm³/mol. The number of carbonyl (C=O) groups is 2. The summed E-state index contributed by atoms with van der Waals surface area (Å²) >= 11 is 1.29. The van der Waals surface area contributed by atoms with Crippen LogP contribution in [0, 0.1) is 6.92 Å². The number of methoxy groups -OCH3 is 1. The van der Waals surface area contributed by atoms with Gasteiger partial charge in [-0.15, -0.1) is 11.3 Å². The summed E-state index contributed by atoms with van der Waals surface area (Å²) in [5.74, 6) is -0.783. The van der Waals surface area contributed by atoms with Gasteiger partial charge in [-0.3, -0.25) is 20.4 Å². The number of benzene rings is 2. The fourth-order valence-corrected chi connectivity index (χ4v) is 3.44. The Labute approximate surface area is 161 Å².